The van der Waals surface area contributed by atoms with Crippen LogP contribution in [0.5, 0.6) is 0 Å². The third-order valence-electron chi connectivity index (χ3n) is 4.07. The summed E-state index contributed by atoms with van der Waals surface area (Å²) in [5, 5.41) is 0. The van der Waals surface area contributed by atoms with Crippen molar-refractivity contribution in [2.75, 3.05) is 25.6 Å². The predicted molar refractivity (Wildman–Crippen MR) is 108 cm³/mol. The van der Waals surface area contributed by atoms with Crippen LogP contribution in [0.25, 0.3) is 22.7 Å². The summed E-state index contributed by atoms with van der Waals surface area (Å²) < 4.78 is 5.15. The molecule has 1 heterocycles. The average Bonchev–Trinajstić information content (AvgIpc) is 2.66. The number of benzene rings is 2. The summed E-state index contributed by atoms with van der Waals surface area (Å²) in [6.07, 6.45) is 1.63. The molecule has 0 amide bonds. The maximum absolute atomic E-state index is 12.5. The fourth-order valence-electron chi connectivity index (χ4n) is 2.68. The van der Waals surface area contributed by atoms with E-state index in [0.29, 0.717) is 11.0 Å². The maximum atomic E-state index is 12.5. The van der Waals surface area contributed by atoms with E-state index in [9.17, 15) is 9.59 Å². The Kier molecular flexibility index (Phi) is 5.35. The van der Waals surface area contributed by atoms with Crippen molar-refractivity contribution in [3.05, 3.63) is 70.1 Å². The molecule has 6 heteroatoms. The van der Waals surface area contributed by atoms with Gasteiger partial charge in [0.1, 0.15) is 5.69 Å². The van der Waals surface area contributed by atoms with Crippen LogP contribution >= 0.6 is 0 Å². The lowest BCUT2D eigenvalue weighted by atomic mass is 10.1. The Morgan fingerprint density at radius 2 is 1.85 bits per heavy atom. The molecule has 2 aromatic carbocycles. The number of hydrogen-bond donors (Lipinski definition) is 1. The van der Waals surface area contributed by atoms with Gasteiger partial charge in [-0.2, -0.15) is 0 Å². The van der Waals surface area contributed by atoms with Gasteiger partial charge in [-0.1, -0.05) is 24.3 Å². The topological polar surface area (TPSA) is 75.3 Å². The number of nitrogens with zero attached hydrogens (tertiary/aromatic N) is 2. The molecule has 1 N–H and O–H groups in total. The summed E-state index contributed by atoms with van der Waals surface area (Å²) in [7, 11) is 3.90. The molecule has 0 aliphatic carbocycles. The lowest BCUT2D eigenvalue weighted by Gasteiger charge is -2.12. The van der Waals surface area contributed by atoms with E-state index in [1.807, 2.05) is 55.4 Å². The monoisotopic (exact) mass is 363 g/mol. The van der Waals surface area contributed by atoms with Crippen LogP contribution in [-0.2, 0) is 9.53 Å². The van der Waals surface area contributed by atoms with Crippen LogP contribution in [0.3, 0.4) is 0 Å². The Morgan fingerprint density at radius 1 is 1.15 bits per heavy atom. The molecule has 138 valence electrons. The molecule has 3 rings (SSSR count). The molecule has 0 unspecified atom stereocenters. The number of ether oxygens (including phenoxy) is 1. The molecule has 1 aromatic heterocycles. The van der Waals surface area contributed by atoms with Crippen LogP contribution in [0.15, 0.2) is 53.3 Å². The molecule has 0 saturated heterocycles. The molecule has 0 saturated carbocycles. The van der Waals surface area contributed by atoms with Crippen molar-refractivity contribution in [2.45, 2.75) is 6.92 Å². The van der Waals surface area contributed by atoms with Crippen molar-refractivity contribution in [3.63, 3.8) is 0 Å². The number of fused-ring (bicyclic) bond motifs is 1. The summed E-state index contributed by atoms with van der Waals surface area (Å²) in [6, 6.07) is 14.8. The van der Waals surface area contributed by atoms with Crippen molar-refractivity contribution < 1.29 is 9.53 Å². The normalized spacial score (nSPS) is 11.4. The lowest BCUT2D eigenvalue weighted by molar-refractivity contribution is -0.136. The molecule has 0 aliphatic heterocycles. The summed E-state index contributed by atoms with van der Waals surface area (Å²) >= 11 is 0. The van der Waals surface area contributed by atoms with E-state index in [-0.39, 0.29) is 17.9 Å². The molecule has 0 spiro atoms. The smallest absolute Gasteiger partial charge is 0.340 e. The molecule has 0 aliphatic rings. The van der Waals surface area contributed by atoms with E-state index in [4.69, 9.17) is 4.74 Å². The highest BCUT2D eigenvalue weighted by Crippen LogP contribution is 2.20. The summed E-state index contributed by atoms with van der Waals surface area (Å²) in [6.45, 7) is 1.93. The van der Waals surface area contributed by atoms with Crippen LogP contribution in [-0.4, -0.2) is 36.6 Å². The Hall–Kier alpha value is -3.41. The first-order valence-electron chi connectivity index (χ1n) is 8.65. The third kappa shape index (κ3) is 4.06. The minimum Gasteiger partial charge on any atom is -0.462 e. The van der Waals surface area contributed by atoms with Gasteiger partial charge in [-0.25, -0.2) is 9.78 Å². The van der Waals surface area contributed by atoms with Crippen LogP contribution in [0.1, 0.15) is 18.2 Å². The van der Waals surface area contributed by atoms with Gasteiger partial charge in [-0.3, -0.25) is 4.79 Å². The Labute approximate surface area is 157 Å². The third-order valence-corrected chi connectivity index (χ3v) is 4.07. The second-order valence-electron chi connectivity index (χ2n) is 6.20. The number of hydrogen-bond acceptors (Lipinski definition) is 5. The highest BCUT2D eigenvalue weighted by atomic mass is 16.5. The second kappa shape index (κ2) is 7.86. The fraction of sp³-hybridized carbons (Fsp3) is 0.190. The number of esters is 1. The van der Waals surface area contributed by atoms with Crippen molar-refractivity contribution in [1.82, 2.24) is 9.97 Å². The SMILES string of the molecule is CCOC(=O)/C(=C/c1ccc(N(C)C)cc1)c1nc2ccccc2[nH]c1=O. The zero-order chi connectivity index (χ0) is 19.4. The zero-order valence-corrected chi connectivity index (χ0v) is 15.5. The van der Waals surface area contributed by atoms with Gasteiger partial charge in [0.25, 0.3) is 5.56 Å². The molecular weight excluding hydrogens is 342 g/mol. The first-order chi connectivity index (χ1) is 13.0. The number of anilines is 1. The summed E-state index contributed by atoms with van der Waals surface area (Å²) in [4.78, 5) is 34.2. The number of aromatic amines is 1. The number of nitrogens with one attached hydrogen (secondary N) is 1. The molecule has 27 heavy (non-hydrogen) atoms. The van der Waals surface area contributed by atoms with Crippen molar-refractivity contribution in [2.24, 2.45) is 0 Å². The molecule has 0 fully saturated rings. The van der Waals surface area contributed by atoms with Gasteiger partial charge in [0.15, 0.2) is 0 Å². The van der Waals surface area contributed by atoms with Gasteiger partial charge in [0, 0.05) is 19.8 Å². The van der Waals surface area contributed by atoms with E-state index < -0.39 is 11.5 Å². The lowest BCUT2D eigenvalue weighted by Crippen LogP contribution is -2.19. The molecule has 3 aromatic rings. The highest BCUT2D eigenvalue weighted by Gasteiger charge is 2.19. The van der Waals surface area contributed by atoms with E-state index in [0.717, 1.165) is 11.3 Å². The van der Waals surface area contributed by atoms with E-state index >= 15 is 0 Å². The van der Waals surface area contributed by atoms with Gasteiger partial charge in [-0.05, 0) is 42.8 Å². The number of carbonyl (C=O) groups is 1. The van der Waals surface area contributed by atoms with E-state index in [1.54, 1.807) is 25.1 Å². The molecule has 0 radical (unpaired) electrons. The van der Waals surface area contributed by atoms with Gasteiger partial charge in [0.05, 0.1) is 23.2 Å². The highest BCUT2D eigenvalue weighted by molar-refractivity contribution is 6.21. The largest absolute Gasteiger partial charge is 0.462 e. The number of rotatable bonds is 5. The molecule has 0 atom stereocenters. The summed E-state index contributed by atoms with van der Waals surface area (Å²) in [5.41, 5.74) is 2.77. The molecule has 6 nitrogen and oxygen atoms in total. The van der Waals surface area contributed by atoms with Crippen LogP contribution in [0.4, 0.5) is 5.69 Å². The number of H-pyrrole nitrogens is 1. The van der Waals surface area contributed by atoms with Gasteiger partial charge < -0.3 is 14.6 Å². The van der Waals surface area contributed by atoms with Crippen LogP contribution in [0, 0.1) is 0 Å². The predicted octanol–water partition coefficient (Wildman–Crippen LogP) is 3.09. The van der Waals surface area contributed by atoms with Gasteiger partial charge in [-0.15, -0.1) is 0 Å². The molecular formula is C21H21N3O3. The number of aromatic nitrogens is 2. The first-order valence-corrected chi connectivity index (χ1v) is 8.65. The summed E-state index contributed by atoms with van der Waals surface area (Å²) in [5.74, 6) is -0.581. The minimum atomic E-state index is -0.581. The second-order valence-corrected chi connectivity index (χ2v) is 6.20. The fourth-order valence-corrected chi connectivity index (χ4v) is 2.68. The number of para-hydroxylation sites is 2. The number of carbonyl (C=O) groups excluding carboxylic acids is 1. The van der Waals surface area contributed by atoms with Gasteiger partial charge in [0.2, 0.25) is 0 Å². The van der Waals surface area contributed by atoms with Crippen LogP contribution < -0.4 is 10.5 Å². The van der Waals surface area contributed by atoms with Crippen molar-refractivity contribution >= 4 is 34.3 Å². The maximum Gasteiger partial charge on any atom is 0.340 e. The zero-order valence-electron chi connectivity index (χ0n) is 15.5. The Bertz CT molecular complexity index is 1050. The standard InChI is InChI=1S/C21H21N3O3/c1-4-27-21(26)16(13-14-9-11-15(12-10-14)24(2)3)19-20(25)23-18-8-6-5-7-17(18)22-19/h5-13H,4H2,1-3H3,(H,23,25)/b16-13+. The minimum absolute atomic E-state index is 0.0452. The Balaban J connectivity index is 2.12. The van der Waals surface area contributed by atoms with Crippen LogP contribution in [0.2, 0.25) is 0 Å². The first kappa shape index (κ1) is 18.4. The van der Waals surface area contributed by atoms with E-state index in [2.05, 4.69) is 9.97 Å². The van der Waals surface area contributed by atoms with Crippen molar-refractivity contribution in [1.29, 1.82) is 0 Å². The van der Waals surface area contributed by atoms with E-state index in [1.165, 1.54) is 0 Å². The Morgan fingerprint density at radius 3 is 2.52 bits per heavy atom. The quantitative estimate of drug-likeness (QED) is 0.557. The van der Waals surface area contributed by atoms with Crippen molar-refractivity contribution in [3.8, 4) is 0 Å². The molecule has 0 bridgehead atoms. The average molecular weight is 363 g/mol. The van der Waals surface area contributed by atoms with Gasteiger partial charge >= 0.3 is 5.97 Å².